The van der Waals surface area contributed by atoms with Crippen molar-refractivity contribution in [3.8, 4) is 0 Å². The molecule has 0 aromatic carbocycles. The highest BCUT2D eigenvalue weighted by Gasteiger charge is 2.32. The molecule has 7 heteroatoms. The summed E-state index contributed by atoms with van der Waals surface area (Å²) in [4.78, 5) is 24.8. The van der Waals surface area contributed by atoms with Crippen LogP contribution in [0.2, 0.25) is 0 Å². The molecular weight excluding hydrogens is 230 g/mol. The van der Waals surface area contributed by atoms with E-state index < -0.39 is 11.9 Å². The van der Waals surface area contributed by atoms with Gasteiger partial charge in [0.2, 0.25) is 0 Å². The molecule has 1 amide bonds. The Labute approximate surface area is 96.0 Å². The Morgan fingerprint density at radius 3 is 2.81 bits per heavy atom. The van der Waals surface area contributed by atoms with E-state index in [4.69, 9.17) is 5.11 Å². The van der Waals surface area contributed by atoms with E-state index in [9.17, 15) is 9.59 Å². The van der Waals surface area contributed by atoms with Gasteiger partial charge < -0.3 is 10.0 Å². The quantitative estimate of drug-likeness (QED) is 0.810. The number of aryl methyl sites for hydroxylation is 1. The number of amides is 1. The van der Waals surface area contributed by atoms with Crippen LogP contribution in [0.3, 0.4) is 0 Å². The average molecular weight is 241 g/mol. The van der Waals surface area contributed by atoms with Gasteiger partial charge in [-0.3, -0.25) is 9.59 Å². The molecule has 1 N–H and O–H groups in total. The first-order valence-electron chi connectivity index (χ1n) is 4.90. The highest BCUT2D eigenvalue weighted by atomic mass is 32.1. The fourth-order valence-corrected chi connectivity index (χ4v) is 2.34. The molecule has 0 radical (unpaired) electrons. The average Bonchev–Trinajstić information content (AvgIpc) is 2.84. The highest BCUT2D eigenvalue weighted by molar-refractivity contribution is 7.07. The Balaban J connectivity index is 2.08. The Morgan fingerprint density at radius 2 is 2.31 bits per heavy atom. The lowest BCUT2D eigenvalue weighted by molar-refractivity contribution is -0.141. The second kappa shape index (κ2) is 4.17. The topological polar surface area (TPSA) is 83.4 Å². The van der Waals surface area contributed by atoms with Gasteiger partial charge in [0.1, 0.15) is 4.88 Å². The molecule has 1 aliphatic heterocycles. The fourth-order valence-electron chi connectivity index (χ4n) is 1.72. The molecular formula is C9H11N3O3S. The van der Waals surface area contributed by atoms with Crippen molar-refractivity contribution in [2.45, 2.75) is 13.3 Å². The van der Waals surface area contributed by atoms with Gasteiger partial charge >= 0.3 is 5.97 Å². The normalized spacial score (nSPS) is 20.1. The van der Waals surface area contributed by atoms with Crippen LogP contribution in [0.1, 0.15) is 21.8 Å². The van der Waals surface area contributed by atoms with Gasteiger partial charge in [0.05, 0.1) is 11.6 Å². The van der Waals surface area contributed by atoms with Gasteiger partial charge in [-0.25, -0.2) is 0 Å². The van der Waals surface area contributed by atoms with E-state index in [-0.39, 0.29) is 12.5 Å². The minimum atomic E-state index is -0.838. The molecule has 1 aliphatic rings. The first-order valence-corrected chi connectivity index (χ1v) is 5.68. The van der Waals surface area contributed by atoms with Gasteiger partial charge in [-0.2, -0.15) is 0 Å². The standard InChI is InChI=1S/C9H11N3O3S/c1-5-7(16-11-10-5)8(13)12-3-2-6(4-12)9(14)15/h6H,2-4H2,1H3,(H,14,15)/t6-/m1/s1. The number of hydrogen-bond acceptors (Lipinski definition) is 5. The Bertz CT molecular complexity index is 431. The van der Waals surface area contributed by atoms with E-state index in [0.717, 1.165) is 11.5 Å². The molecule has 1 aromatic rings. The Morgan fingerprint density at radius 1 is 1.56 bits per heavy atom. The SMILES string of the molecule is Cc1nnsc1C(=O)N1CC[C@@H](C(=O)O)C1. The molecule has 1 saturated heterocycles. The molecule has 0 saturated carbocycles. The summed E-state index contributed by atoms with van der Waals surface area (Å²) in [7, 11) is 0. The number of aliphatic carboxylic acids is 1. The molecule has 2 rings (SSSR count). The van der Waals surface area contributed by atoms with Crippen LogP contribution < -0.4 is 0 Å². The molecule has 0 unspecified atom stereocenters. The summed E-state index contributed by atoms with van der Waals surface area (Å²) in [5.41, 5.74) is 0.605. The monoisotopic (exact) mass is 241 g/mol. The van der Waals surface area contributed by atoms with E-state index >= 15 is 0 Å². The van der Waals surface area contributed by atoms with Crippen LogP contribution >= 0.6 is 11.5 Å². The van der Waals surface area contributed by atoms with Crippen molar-refractivity contribution in [1.82, 2.24) is 14.5 Å². The molecule has 2 heterocycles. The number of carbonyl (C=O) groups excluding carboxylic acids is 1. The summed E-state index contributed by atoms with van der Waals surface area (Å²) in [5.74, 6) is -1.43. The summed E-state index contributed by atoms with van der Waals surface area (Å²) in [6, 6.07) is 0. The third-order valence-corrected chi connectivity index (χ3v) is 3.49. The number of carboxylic acids is 1. The minimum Gasteiger partial charge on any atom is -0.481 e. The van der Waals surface area contributed by atoms with Crippen LogP contribution in [-0.4, -0.2) is 44.6 Å². The second-order valence-electron chi connectivity index (χ2n) is 3.76. The molecule has 0 bridgehead atoms. The largest absolute Gasteiger partial charge is 0.481 e. The first kappa shape index (κ1) is 11.0. The summed E-state index contributed by atoms with van der Waals surface area (Å²) in [6.07, 6.45) is 0.520. The van der Waals surface area contributed by atoms with Crippen molar-refractivity contribution < 1.29 is 14.7 Å². The second-order valence-corrected chi connectivity index (χ2v) is 4.52. The summed E-state index contributed by atoms with van der Waals surface area (Å²) in [6.45, 7) is 2.50. The van der Waals surface area contributed by atoms with Crippen molar-refractivity contribution in [1.29, 1.82) is 0 Å². The van der Waals surface area contributed by atoms with Crippen LogP contribution in [0.5, 0.6) is 0 Å². The fraction of sp³-hybridized carbons (Fsp3) is 0.556. The summed E-state index contributed by atoms with van der Waals surface area (Å²) >= 11 is 1.05. The molecule has 16 heavy (non-hydrogen) atoms. The molecule has 6 nitrogen and oxygen atoms in total. The smallest absolute Gasteiger partial charge is 0.308 e. The van der Waals surface area contributed by atoms with Gasteiger partial charge in [-0.05, 0) is 24.9 Å². The van der Waals surface area contributed by atoms with Gasteiger partial charge in [-0.1, -0.05) is 4.49 Å². The number of hydrogen-bond donors (Lipinski definition) is 1. The number of carbonyl (C=O) groups is 2. The van der Waals surface area contributed by atoms with Crippen LogP contribution in [0.15, 0.2) is 0 Å². The van der Waals surface area contributed by atoms with Crippen LogP contribution in [0.25, 0.3) is 0 Å². The van der Waals surface area contributed by atoms with Crippen molar-refractivity contribution >= 4 is 23.4 Å². The first-order chi connectivity index (χ1) is 7.59. The van der Waals surface area contributed by atoms with E-state index in [2.05, 4.69) is 9.59 Å². The zero-order chi connectivity index (χ0) is 11.7. The highest BCUT2D eigenvalue weighted by Crippen LogP contribution is 2.21. The van der Waals surface area contributed by atoms with E-state index in [0.29, 0.717) is 23.5 Å². The maximum atomic E-state index is 12.0. The number of nitrogens with zero attached hydrogens (tertiary/aromatic N) is 3. The number of rotatable bonds is 2. The number of carboxylic acid groups (broad SMARTS) is 1. The van der Waals surface area contributed by atoms with Crippen LogP contribution in [-0.2, 0) is 4.79 Å². The lowest BCUT2D eigenvalue weighted by Crippen LogP contribution is -2.29. The van der Waals surface area contributed by atoms with Gasteiger partial charge in [-0.15, -0.1) is 5.10 Å². The zero-order valence-electron chi connectivity index (χ0n) is 8.71. The molecule has 1 atom stereocenters. The van der Waals surface area contributed by atoms with Crippen molar-refractivity contribution in [2.24, 2.45) is 5.92 Å². The molecule has 1 aromatic heterocycles. The molecule has 0 aliphatic carbocycles. The third kappa shape index (κ3) is 1.90. The van der Waals surface area contributed by atoms with Crippen molar-refractivity contribution in [3.63, 3.8) is 0 Å². The third-order valence-electron chi connectivity index (χ3n) is 2.67. The molecule has 1 fully saturated rings. The number of aromatic nitrogens is 2. The van der Waals surface area contributed by atoms with Crippen molar-refractivity contribution in [2.75, 3.05) is 13.1 Å². The Hall–Kier alpha value is -1.50. The number of likely N-dealkylation sites (tertiary alicyclic amines) is 1. The molecule has 86 valence electrons. The summed E-state index contributed by atoms with van der Waals surface area (Å²) in [5, 5.41) is 12.6. The maximum Gasteiger partial charge on any atom is 0.308 e. The minimum absolute atomic E-state index is 0.156. The maximum absolute atomic E-state index is 12.0. The predicted molar refractivity (Wildman–Crippen MR) is 56.3 cm³/mol. The van der Waals surface area contributed by atoms with Gasteiger partial charge in [0.25, 0.3) is 5.91 Å². The predicted octanol–water partition coefficient (Wildman–Crippen LogP) is 0.393. The van der Waals surface area contributed by atoms with Crippen LogP contribution in [0.4, 0.5) is 0 Å². The molecule has 0 spiro atoms. The van der Waals surface area contributed by atoms with Crippen LogP contribution in [0, 0.1) is 12.8 Å². The van der Waals surface area contributed by atoms with Gasteiger partial charge in [0.15, 0.2) is 0 Å². The van der Waals surface area contributed by atoms with E-state index in [1.54, 1.807) is 11.8 Å². The lowest BCUT2D eigenvalue weighted by atomic mass is 10.1. The lowest BCUT2D eigenvalue weighted by Gasteiger charge is -2.14. The summed E-state index contributed by atoms with van der Waals surface area (Å²) < 4.78 is 3.70. The van der Waals surface area contributed by atoms with Gasteiger partial charge in [0, 0.05) is 13.1 Å². The van der Waals surface area contributed by atoms with E-state index in [1.165, 1.54) is 0 Å². The van der Waals surface area contributed by atoms with Crippen molar-refractivity contribution in [3.05, 3.63) is 10.6 Å². The zero-order valence-corrected chi connectivity index (χ0v) is 9.53. The Kier molecular flexibility index (Phi) is 2.86. The van der Waals surface area contributed by atoms with E-state index in [1.807, 2.05) is 0 Å².